The summed E-state index contributed by atoms with van der Waals surface area (Å²) in [4.78, 5) is 14.2. The highest BCUT2D eigenvalue weighted by Crippen LogP contribution is 2.18. The summed E-state index contributed by atoms with van der Waals surface area (Å²) in [5, 5.41) is 1.40. The van der Waals surface area contributed by atoms with Crippen molar-refractivity contribution in [1.29, 1.82) is 0 Å². The molecule has 1 heterocycles. The van der Waals surface area contributed by atoms with Gasteiger partial charge < -0.3 is 9.64 Å². The number of halogens is 2. The quantitative estimate of drug-likeness (QED) is 0.779. The van der Waals surface area contributed by atoms with Crippen molar-refractivity contribution >= 4 is 33.4 Å². The Kier molecular flexibility index (Phi) is 4.65. The Bertz CT molecular complexity index is 453. The van der Waals surface area contributed by atoms with Crippen molar-refractivity contribution in [2.24, 2.45) is 0 Å². The number of carbonyl (C=O) groups is 1. The smallest absolute Gasteiger partial charge is 0.254 e. The number of amides is 1. The molecule has 0 radical (unpaired) electrons. The van der Waals surface area contributed by atoms with Gasteiger partial charge in [-0.3, -0.25) is 4.79 Å². The van der Waals surface area contributed by atoms with Gasteiger partial charge in [-0.25, -0.2) is 0 Å². The second kappa shape index (κ2) is 6.04. The third-order valence-electron chi connectivity index (χ3n) is 3.02. The van der Waals surface area contributed by atoms with E-state index in [1.165, 1.54) is 0 Å². The van der Waals surface area contributed by atoms with Gasteiger partial charge in [0.2, 0.25) is 0 Å². The van der Waals surface area contributed by atoms with Crippen molar-refractivity contribution in [3.05, 3.63) is 34.3 Å². The van der Waals surface area contributed by atoms with Gasteiger partial charge in [-0.2, -0.15) is 0 Å². The van der Waals surface area contributed by atoms with Crippen LogP contribution >= 0.6 is 27.5 Å². The number of aryl methyl sites for hydroxylation is 1. The summed E-state index contributed by atoms with van der Waals surface area (Å²) in [7, 11) is 0. The molecule has 0 saturated carbocycles. The topological polar surface area (TPSA) is 29.5 Å². The zero-order valence-electron chi connectivity index (χ0n) is 10.2. The van der Waals surface area contributed by atoms with E-state index in [0.29, 0.717) is 24.7 Å². The SMILES string of the molecule is Cc1cc(Cl)ccc1C(=O)N1CCOC(CBr)C1. The van der Waals surface area contributed by atoms with Crippen LogP contribution in [0.2, 0.25) is 5.02 Å². The maximum absolute atomic E-state index is 12.4. The van der Waals surface area contributed by atoms with E-state index in [0.717, 1.165) is 16.5 Å². The fourth-order valence-electron chi connectivity index (χ4n) is 2.03. The molecule has 5 heteroatoms. The summed E-state index contributed by atoms with van der Waals surface area (Å²) >= 11 is 9.29. The molecule has 1 fully saturated rings. The van der Waals surface area contributed by atoms with Crippen molar-refractivity contribution in [3.8, 4) is 0 Å². The van der Waals surface area contributed by atoms with Gasteiger partial charge in [-0.05, 0) is 30.7 Å². The Balaban J connectivity index is 2.15. The Labute approximate surface area is 120 Å². The lowest BCUT2D eigenvalue weighted by molar-refractivity contribution is -0.00968. The molecule has 1 aromatic carbocycles. The number of morpholine rings is 1. The monoisotopic (exact) mass is 331 g/mol. The minimum Gasteiger partial charge on any atom is -0.374 e. The zero-order chi connectivity index (χ0) is 13.1. The van der Waals surface area contributed by atoms with Crippen molar-refractivity contribution in [2.75, 3.05) is 25.0 Å². The second-order valence-corrected chi connectivity index (χ2v) is 5.44. The van der Waals surface area contributed by atoms with Crippen LogP contribution in [0.15, 0.2) is 18.2 Å². The van der Waals surface area contributed by atoms with Crippen LogP contribution in [0.4, 0.5) is 0 Å². The van der Waals surface area contributed by atoms with Crippen molar-refractivity contribution < 1.29 is 9.53 Å². The van der Waals surface area contributed by atoms with Crippen LogP contribution < -0.4 is 0 Å². The predicted octanol–water partition coefficient (Wildman–Crippen LogP) is 2.88. The maximum atomic E-state index is 12.4. The molecule has 0 N–H and O–H groups in total. The molecule has 18 heavy (non-hydrogen) atoms. The average molecular weight is 333 g/mol. The highest BCUT2D eigenvalue weighted by molar-refractivity contribution is 9.09. The number of carbonyl (C=O) groups excluding carboxylic acids is 1. The maximum Gasteiger partial charge on any atom is 0.254 e. The number of rotatable bonds is 2. The summed E-state index contributed by atoms with van der Waals surface area (Å²) in [5.74, 6) is 0.0541. The van der Waals surface area contributed by atoms with E-state index < -0.39 is 0 Å². The number of hydrogen-bond acceptors (Lipinski definition) is 2. The highest BCUT2D eigenvalue weighted by atomic mass is 79.9. The lowest BCUT2D eigenvalue weighted by atomic mass is 10.1. The average Bonchev–Trinajstić information content (AvgIpc) is 2.38. The first-order valence-corrected chi connectivity index (χ1v) is 7.34. The molecule has 1 aliphatic rings. The molecule has 3 nitrogen and oxygen atoms in total. The normalized spacial score (nSPS) is 19.9. The third-order valence-corrected chi connectivity index (χ3v) is 3.97. The van der Waals surface area contributed by atoms with E-state index in [-0.39, 0.29) is 12.0 Å². The zero-order valence-corrected chi connectivity index (χ0v) is 12.5. The molecule has 98 valence electrons. The van der Waals surface area contributed by atoms with E-state index in [2.05, 4.69) is 15.9 Å². The molecular formula is C13H15BrClNO2. The first-order chi connectivity index (χ1) is 8.61. The van der Waals surface area contributed by atoms with Crippen LogP contribution in [0.5, 0.6) is 0 Å². The van der Waals surface area contributed by atoms with Crippen molar-refractivity contribution in [2.45, 2.75) is 13.0 Å². The van der Waals surface area contributed by atoms with Crippen LogP contribution in [-0.2, 0) is 4.74 Å². The predicted molar refractivity (Wildman–Crippen MR) is 75.6 cm³/mol. The first kappa shape index (κ1) is 13.8. The number of alkyl halides is 1. The summed E-state index contributed by atoms with van der Waals surface area (Å²) in [5.41, 5.74) is 1.63. The third kappa shape index (κ3) is 3.05. The van der Waals surface area contributed by atoms with Gasteiger partial charge >= 0.3 is 0 Å². The van der Waals surface area contributed by atoms with Crippen LogP contribution in [0.3, 0.4) is 0 Å². The van der Waals surface area contributed by atoms with Crippen LogP contribution in [0, 0.1) is 6.92 Å². The van der Waals surface area contributed by atoms with Gasteiger partial charge in [0.25, 0.3) is 5.91 Å². The number of nitrogens with zero attached hydrogens (tertiary/aromatic N) is 1. The van der Waals surface area contributed by atoms with Gasteiger partial charge in [0, 0.05) is 29.0 Å². The van der Waals surface area contributed by atoms with Gasteiger partial charge in [-0.15, -0.1) is 0 Å². The summed E-state index contributed by atoms with van der Waals surface area (Å²) in [6.45, 7) is 3.77. The van der Waals surface area contributed by atoms with Crippen LogP contribution in [0.1, 0.15) is 15.9 Å². The summed E-state index contributed by atoms with van der Waals surface area (Å²) < 4.78 is 5.53. The molecule has 1 unspecified atom stereocenters. The van der Waals surface area contributed by atoms with Gasteiger partial charge in [-0.1, -0.05) is 27.5 Å². The molecule has 0 spiro atoms. The standard InChI is InChI=1S/C13H15BrClNO2/c1-9-6-10(15)2-3-12(9)13(17)16-4-5-18-11(7-14)8-16/h2-3,6,11H,4-5,7-8H2,1H3. The lowest BCUT2D eigenvalue weighted by Gasteiger charge is -2.32. The Morgan fingerprint density at radius 2 is 2.39 bits per heavy atom. The Morgan fingerprint density at radius 3 is 3.06 bits per heavy atom. The van der Waals surface area contributed by atoms with Crippen molar-refractivity contribution in [3.63, 3.8) is 0 Å². The lowest BCUT2D eigenvalue weighted by Crippen LogP contribution is -2.46. The molecular weight excluding hydrogens is 318 g/mol. The fraction of sp³-hybridized carbons (Fsp3) is 0.462. The Morgan fingerprint density at radius 1 is 1.61 bits per heavy atom. The van der Waals surface area contributed by atoms with Gasteiger partial charge in [0.05, 0.1) is 12.7 Å². The van der Waals surface area contributed by atoms with E-state index in [1.807, 2.05) is 17.9 Å². The van der Waals surface area contributed by atoms with Crippen LogP contribution in [-0.4, -0.2) is 41.9 Å². The fourth-order valence-corrected chi connectivity index (χ4v) is 2.65. The molecule has 0 aliphatic carbocycles. The molecule has 0 aromatic heterocycles. The highest BCUT2D eigenvalue weighted by Gasteiger charge is 2.25. The van der Waals surface area contributed by atoms with Gasteiger partial charge in [0.1, 0.15) is 0 Å². The minimum absolute atomic E-state index is 0.0541. The molecule has 1 atom stereocenters. The number of benzene rings is 1. The Hall–Kier alpha value is -0.580. The van der Waals surface area contributed by atoms with E-state index in [9.17, 15) is 4.79 Å². The minimum atomic E-state index is 0.0541. The molecule has 1 aromatic rings. The molecule has 0 bridgehead atoms. The van der Waals surface area contributed by atoms with Crippen LogP contribution in [0.25, 0.3) is 0 Å². The number of ether oxygens (including phenoxy) is 1. The summed E-state index contributed by atoms with van der Waals surface area (Å²) in [6.07, 6.45) is 0.0790. The van der Waals surface area contributed by atoms with E-state index >= 15 is 0 Å². The second-order valence-electron chi connectivity index (χ2n) is 4.36. The van der Waals surface area contributed by atoms with E-state index in [4.69, 9.17) is 16.3 Å². The molecule has 1 saturated heterocycles. The van der Waals surface area contributed by atoms with E-state index in [1.54, 1.807) is 12.1 Å². The first-order valence-electron chi connectivity index (χ1n) is 5.85. The molecule has 1 amide bonds. The van der Waals surface area contributed by atoms with Gasteiger partial charge in [0.15, 0.2) is 0 Å². The molecule has 1 aliphatic heterocycles. The molecule has 2 rings (SSSR count). The van der Waals surface area contributed by atoms with Crippen molar-refractivity contribution in [1.82, 2.24) is 4.90 Å². The number of hydrogen-bond donors (Lipinski definition) is 0. The largest absolute Gasteiger partial charge is 0.374 e. The summed E-state index contributed by atoms with van der Waals surface area (Å²) in [6, 6.07) is 5.36.